The fourth-order valence-electron chi connectivity index (χ4n) is 4.33. The van der Waals surface area contributed by atoms with Gasteiger partial charge in [0.05, 0.1) is 18.9 Å². The molecule has 2 atom stereocenters. The summed E-state index contributed by atoms with van der Waals surface area (Å²) in [7, 11) is 0. The van der Waals surface area contributed by atoms with Gasteiger partial charge in [-0.15, -0.1) is 0 Å². The average molecular weight is 449 g/mol. The van der Waals surface area contributed by atoms with Gasteiger partial charge in [-0.05, 0) is 42.0 Å². The number of benzene rings is 2. The van der Waals surface area contributed by atoms with Crippen molar-refractivity contribution in [3.8, 4) is 11.1 Å². The van der Waals surface area contributed by atoms with Crippen molar-refractivity contribution in [1.82, 2.24) is 20.2 Å². The monoisotopic (exact) mass is 448 g/mol. The van der Waals surface area contributed by atoms with Gasteiger partial charge in [-0.1, -0.05) is 56.3 Å². The van der Waals surface area contributed by atoms with Crippen LogP contribution in [-0.2, 0) is 16.1 Å². The second-order valence-electron chi connectivity index (χ2n) is 8.75. The molecule has 0 bridgehead atoms. The summed E-state index contributed by atoms with van der Waals surface area (Å²) in [6, 6.07) is 11.3. The third kappa shape index (κ3) is 5.03. The summed E-state index contributed by atoms with van der Waals surface area (Å²) in [5.74, 6) is -0.877. The van der Waals surface area contributed by atoms with Gasteiger partial charge in [0.15, 0.2) is 5.78 Å². The average Bonchev–Trinajstić information content (AvgIpc) is 3.52. The quantitative estimate of drug-likeness (QED) is 0.546. The molecule has 0 saturated carbocycles. The molecule has 4 rings (SSSR count). The summed E-state index contributed by atoms with van der Waals surface area (Å²) in [6.45, 7) is 4.65. The maximum Gasteiger partial charge on any atom is 0.237 e. The van der Waals surface area contributed by atoms with Crippen molar-refractivity contribution < 1.29 is 14.0 Å². The zero-order chi connectivity index (χ0) is 23.4. The summed E-state index contributed by atoms with van der Waals surface area (Å²) >= 11 is 0. The van der Waals surface area contributed by atoms with Gasteiger partial charge in [0, 0.05) is 18.0 Å². The molecule has 0 aliphatic carbocycles. The first-order chi connectivity index (χ1) is 16.0. The molecular formula is C26H29FN4O2. The van der Waals surface area contributed by atoms with Crippen LogP contribution in [-0.4, -0.2) is 33.8 Å². The molecule has 1 aromatic heterocycles. The van der Waals surface area contributed by atoms with Crippen molar-refractivity contribution in [2.24, 2.45) is 0 Å². The lowest BCUT2D eigenvalue weighted by molar-refractivity contribution is -0.129. The standard InChI is InChI=1S/C26H29FN4O2/c1-17(2)19-10-11-20(23(24(19)27)18-7-4-3-5-8-18)25(22(32)15-31-14-13-28-16-31)30-26(33)21-9-6-12-29-21/h3-5,7-8,10-11,13-14,16-17,21,25,29H,6,9,12,15H2,1-2H3,(H,30,33). The number of nitrogens with zero attached hydrogens (tertiary/aromatic N) is 2. The summed E-state index contributed by atoms with van der Waals surface area (Å²) in [5.41, 5.74) is 2.05. The van der Waals surface area contributed by atoms with Crippen LogP contribution >= 0.6 is 0 Å². The molecule has 33 heavy (non-hydrogen) atoms. The number of halogens is 1. The zero-order valence-electron chi connectivity index (χ0n) is 18.9. The molecule has 2 unspecified atom stereocenters. The third-order valence-electron chi connectivity index (χ3n) is 6.08. The summed E-state index contributed by atoms with van der Waals surface area (Å²) in [5, 5.41) is 6.09. The van der Waals surface area contributed by atoms with Gasteiger partial charge >= 0.3 is 0 Å². The minimum atomic E-state index is -0.992. The van der Waals surface area contributed by atoms with Crippen molar-refractivity contribution in [3.05, 3.63) is 78.1 Å². The number of rotatable bonds is 8. The second-order valence-corrected chi connectivity index (χ2v) is 8.75. The molecule has 172 valence electrons. The Balaban J connectivity index is 1.80. The summed E-state index contributed by atoms with van der Waals surface area (Å²) in [4.78, 5) is 30.5. The van der Waals surface area contributed by atoms with Crippen LogP contribution in [0.15, 0.2) is 61.2 Å². The third-order valence-corrected chi connectivity index (χ3v) is 6.08. The molecule has 1 amide bonds. The number of amides is 1. The van der Waals surface area contributed by atoms with Gasteiger partial charge in [0.25, 0.3) is 0 Å². The van der Waals surface area contributed by atoms with Crippen molar-refractivity contribution in [1.29, 1.82) is 0 Å². The van der Waals surface area contributed by atoms with Crippen LogP contribution in [0.3, 0.4) is 0 Å². The lowest BCUT2D eigenvalue weighted by Crippen LogP contribution is -2.44. The molecular weight excluding hydrogens is 419 g/mol. The molecule has 7 heteroatoms. The van der Waals surface area contributed by atoms with E-state index in [0.717, 1.165) is 13.0 Å². The van der Waals surface area contributed by atoms with E-state index in [2.05, 4.69) is 15.6 Å². The van der Waals surface area contributed by atoms with Crippen LogP contribution in [0.5, 0.6) is 0 Å². The number of hydrogen-bond acceptors (Lipinski definition) is 4. The van der Waals surface area contributed by atoms with Gasteiger partial charge in [-0.25, -0.2) is 9.37 Å². The number of aromatic nitrogens is 2. The van der Waals surface area contributed by atoms with E-state index in [-0.39, 0.29) is 36.0 Å². The van der Waals surface area contributed by atoms with Gasteiger partial charge < -0.3 is 15.2 Å². The number of hydrogen-bond donors (Lipinski definition) is 2. The molecule has 0 spiro atoms. The van der Waals surface area contributed by atoms with Crippen molar-refractivity contribution >= 4 is 11.7 Å². The Morgan fingerprint density at radius 2 is 1.94 bits per heavy atom. The first-order valence-electron chi connectivity index (χ1n) is 11.4. The lowest BCUT2D eigenvalue weighted by atomic mass is 9.88. The number of carbonyl (C=O) groups excluding carboxylic acids is 2. The number of Topliss-reactive ketones (excluding diaryl/α,β-unsaturated/α-hetero) is 1. The smallest absolute Gasteiger partial charge is 0.237 e. The fraction of sp³-hybridized carbons (Fsp3) is 0.346. The van der Waals surface area contributed by atoms with E-state index < -0.39 is 6.04 Å². The highest BCUT2D eigenvalue weighted by atomic mass is 19.1. The Morgan fingerprint density at radius 1 is 1.18 bits per heavy atom. The highest BCUT2D eigenvalue weighted by Gasteiger charge is 2.31. The SMILES string of the molecule is CC(C)c1ccc(C(NC(=O)C2CCCN2)C(=O)Cn2ccnc2)c(-c2ccccc2)c1F. The summed E-state index contributed by atoms with van der Waals surface area (Å²) in [6.07, 6.45) is 6.45. The molecule has 2 aromatic carbocycles. The molecule has 1 fully saturated rings. The predicted molar refractivity (Wildman–Crippen MR) is 125 cm³/mol. The molecule has 2 N–H and O–H groups in total. The lowest BCUT2D eigenvalue weighted by Gasteiger charge is -2.25. The van der Waals surface area contributed by atoms with E-state index in [1.54, 1.807) is 35.4 Å². The largest absolute Gasteiger partial charge is 0.341 e. The van der Waals surface area contributed by atoms with E-state index in [1.165, 1.54) is 0 Å². The minimum Gasteiger partial charge on any atom is -0.341 e. The van der Waals surface area contributed by atoms with Crippen LogP contribution in [0.2, 0.25) is 0 Å². The molecule has 6 nitrogen and oxygen atoms in total. The van der Waals surface area contributed by atoms with E-state index in [0.29, 0.717) is 28.7 Å². The summed E-state index contributed by atoms with van der Waals surface area (Å²) < 4.78 is 17.5. The van der Waals surface area contributed by atoms with Crippen LogP contribution < -0.4 is 10.6 Å². The molecule has 1 aliphatic heterocycles. The van der Waals surface area contributed by atoms with Crippen LogP contribution in [0.25, 0.3) is 11.1 Å². The second kappa shape index (κ2) is 10.1. The topological polar surface area (TPSA) is 76.0 Å². The van der Waals surface area contributed by atoms with Gasteiger partial charge in [-0.2, -0.15) is 0 Å². The Morgan fingerprint density at radius 3 is 2.58 bits per heavy atom. The van der Waals surface area contributed by atoms with Crippen LogP contribution in [0.4, 0.5) is 4.39 Å². The maximum atomic E-state index is 15.9. The predicted octanol–water partition coefficient (Wildman–Crippen LogP) is 3.99. The van der Waals surface area contributed by atoms with Crippen molar-refractivity contribution in [2.45, 2.75) is 51.2 Å². The molecule has 1 aliphatic rings. The van der Waals surface area contributed by atoms with Gasteiger partial charge in [-0.3, -0.25) is 9.59 Å². The minimum absolute atomic E-state index is 0.0187. The van der Waals surface area contributed by atoms with E-state index >= 15 is 4.39 Å². The first-order valence-corrected chi connectivity index (χ1v) is 11.4. The molecule has 1 saturated heterocycles. The number of carbonyl (C=O) groups is 2. The van der Waals surface area contributed by atoms with E-state index in [4.69, 9.17) is 0 Å². The molecule has 3 aromatic rings. The Kier molecular flexibility index (Phi) is 6.99. The first kappa shape index (κ1) is 22.9. The zero-order valence-corrected chi connectivity index (χ0v) is 18.9. The molecule has 2 heterocycles. The highest BCUT2D eigenvalue weighted by molar-refractivity contribution is 5.93. The van der Waals surface area contributed by atoms with Crippen molar-refractivity contribution in [3.63, 3.8) is 0 Å². The van der Waals surface area contributed by atoms with Gasteiger partial charge in [0.2, 0.25) is 5.91 Å². The Labute approximate surface area is 193 Å². The maximum absolute atomic E-state index is 15.9. The number of ketones is 1. The van der Waals surface area contributed by atoms with E-state index in [1.807, 2.05) is 44.2 Å². The molecule has 0 radical (unpaired) electrons. The number of nitrogens with one attached hydrogen (secondary N) is 2. The van der Waals surface area contributed by atoms with Crippen molar-refractivity contribution in [2.75, 3.05) is 6.54 Å². The fourth-order valence-corrected chi connectivity index (χ4v) is 4.33. The Hall–Kier alpha value is -3.32. The van der Waals surface area contributed by atoms with Gasteiger partial charge in [0.1, 0.15) is 11.9 Å². The normalized spacial score (nSPS) is 16.7. The van der Waals surface area contributed by atoms with Crippen LogP contribution in [0, 0.1) is 5.82 Å². The van der Waals surface area contributed by atoms with Crippen LogP contribution in [0.1, 0.15) is 49.8 Å². The highest BCUT2D eigenvalue weighted by Crippen LogP contribution is 2.35. The number of imidazole rings is 1. The van der Waals surface area contributed by atoms with E-state index in [9.17, 15) is 9.59 Å². The Bertz CT molecular complexity index is 1110.